The van der Waals surface area contributed by atoms with Crippen LogP contribution >= 0.6 is 22.9 Å². The van der Waals surface area contributed by atoms with Gasteiger partial charge in [0.25, 0.3) is 0 Å². The van der Waals surface area contributed by atoms with Crippen LogP contribution in [0.2, 0.25) is 5.02 Å². The average molecular weight is 621 g/mol. The van der Waals surface area contributed by atoms with E-state index in [2.05, 4.69) is 29.8 Å². The summed E-state index contributed by atoms with van der Waals surface area (Å²) in [5.41, 5.74) is 13.1. The smallest absolute Gasteiger partial charge is 0.339 e. The number of carbonyl (C=O) groups excluding carboxylic acids is 1. The molecule has 4 aromatic rings. The highest BCUT2D eigenvalue weighted by Gasteiger charge is 2.34. The zero-order chi connectivity index (χ0) is 31.1. The lowest BCUT2D eigenvalue weighted by Crippen LogP contribution is -2.58. The average Bonchev–Trinajstić information content (AvgIpc) is 3.35. The van der Waals surface area contributed by atoms with Crippen LogP contribution in [0, 0.1) is 6.92 Å². The van der Waals surface area contributed by atoms with E-state index in [1.54, 1.807) is 18.3 Å². The minimum Gasteiger partial charge on any atom is -0.464 e. The highest BCUT2D eigenvalue weighted by molar-refractivity contribution is 7.22. The monoisotopic (exact) mass is 620 g/mol. The fourth-order valence-electron chi connectivity index (χ4n) is 5.79. The molecule has 1 aliphatic rings. The van der Waals surface area contributed by atoms with Crippen LogP contribution in [0.25, 0.3) is 31.9 Å². The summed E-state index contributed by atoms with van der Waals surface area (Å²) in [5.74, 6) is -0.413. The Balaban J connectivity index is 1.70. The van der Waals surface area contributed by atoms with Gasteiger partial charge in [-0.2, -0.15) is 0 Å². The molecule has 9 heteroatoms. The molecule has 0 bridgehead atoms. The first-order valence-corrected chi connectivity index (χ1v) is 16.0. The molecule has 7 nitrogen and oxygen atoms in total. The van der Waals surface area contributed by atoms with Crippen molar-refractivity contribution >= 4 is 50.5 Å². The van der Waals surface area contributed by atoms with Crippen molar-refractivity contribution in [1.29, 1.82) is 0 Å². The van der Waals surface area contributed by atoms with Crippen molar-refractivity contribution in [3.05, 3.63) is 64.7 Å². The third kappa shape index (κ3) is 6.53. The van der Waals surface area contributed by atoms with Gasteiger partial charge in [0.1, 0.15) is 5.01 Å². The summed E-state index contributed by atoms with van der Waals surface area (Å²) in [6.07, 6.45) is -0.914. The topological polar surface area (TPSA) is 80.9 Å². The molecule has 0 aliphatic carbocycles. The molecule has 1 unspecified atom stereocenters. The molecule has 5 rings (SSSR count). The number of aromatic nitrogens is 1. The number of hydrogen-bond acceptors (Lipinski definition) is 8. The van der Waals surface area contributed by atoms with E-state index in [1.807, 2.05) is 70.2 Å². The Labute approximate surface area is 263 Å². The molecule has 0 amide bonds. The number of nitrogens with zero attached hydrogens (tertiary/aromatic N) is 3. The number of nitrogens with two attached hydrogens (primary N) is 1. The number of anilines is 2. The maximum absolute atomic E-state index is 13.4. The van der Waals surface area contributed by atoms with E-state index in [0.29, 0.717) is 11.1 Å². The Hall–Kier alpha value is -3.17. The van der Waals surface area contributed by atoms with Crippen LogP contribution < -0.4 is 10.6 Å². The molecule has 2 N–H and O–H groups in total. The third-order valence-electron chi connectivity index (χ3n) is 7.71. The highest BCUT2D eigenvalue weighted by Crippen LogP contribution is 2.45. The Bertz CT molecular complexity index is 1620. The molecule has 0 saturated carbocycles. The van der Waals surface area contributed by atoms with Crippen molar-refractivity contribution in [3.63, 3.8) is 0 Å². The minimum atomic E-state index is -0.914. The molecule has 1 aliphatic heterocycles. The minimum absolute atomic E-state index is 0.260. The molecular formula is C34H41ClN4O3S. The first kappa shape index (κ1) is 31.3. The van der Waals surface area contributed by atoms with E-state index >= 15 is 0 Å². The van der Waals surface area contributed by atoms with Gasteiger partial charge in [0.15, 0.2) is 6.10 Å². The molecule has 1 atom stereocenters. The molecule has 1 fully saturated rings. The van der Waals surface area contributed by atoms with E-state index in [0.717, 1.165) is 74.1 Å². The first-order chi connectivity index (χ1) is 20.4. The number of halogens is 1. The van der Waals surface area contributed by atoms with Crippen molar-refractivity contribution in [3.8, 4) is 21.7 Å². The number of rotatable bonds is 9. The molecule has 1 aromatic heterocycles. The van der Waals surface area contributed by atoms with Crippen molar-refractivity contribution in [2.75, 3.05) is 43.9 Å². The van der Waals surface area contributed by atoms with Crippen molar-refractivity contribution in [2.45, 2.75) is 59.3 Å². The van der Waals surface area contributed by atoms with E-state index in [9.17, 15) is 4.79 Å². The lowest BCUT2D eigenvalue weighted by atomic mass is 9.91. The molecular weight excluding hydrogens is 580 g/mol. The number of nitrogen functional groups attached to an aromatic ring is 1. The molecule has 43 heavy (non-hydrogen) atoms. The summed E-state index contributed by atoms with van der Waals surface area (Å²) in [4.78, 5) is 23.3. The first-order valence-electron chi connectivity index (χ1n) is 14.8. The molecule has 1 saturated heterocycles. The number of likely N-dealkylation sites (tertiary alicyclic amines) is 1. The van der Waals surface area contributed by atoms with Crippen LogP contribution in [-0.2, 0) is 14.3 Å². The second kappa shape index (κ2) is 12.4. The fourth-order valence-corrected chi connectivity index (χ4v) is 7.03. The zero-order valence-electron chi connectivity index (χ0n) is 26.0. The Kier molecular flexibility index (Phi) is 9.05. The standard InChI is InChI=1S/C34H41ClN4O3S/c1-8-39(24-18-38(7)19-24)27-17-22(12-15-25(27)36)32-37-26-16-20(3)28(30(33(40)41-9-2)42-34(4,5)6)29(31(26)43-32)21-10-13-23(35)14-11-21/h10-17,24,30H,8-9,18-19,36H2,1-7H3. The summed E-state index contributed by atoms with van der Waals surface area (Å²) < 4.78 is 12.9. The predicted octanol–water partition coefficient (Wildman–Crippen LogP) is 7.73. The fraction of sp³-hybridized carbons (Fsp3) is 0.412. The number of fused-ring (bicyclic) bond motifs is 1. The van der Waals surface area contributed by atoms with Crippen LogP contribution in [0.15, 0.2) is 48.5 Å². The van der Waals surface area contributed by atoms with E-state index in [4.69, 9.17) is 31.8 Å². The van der Waals surface area contributed by atoms with Gasteiger partial charge in [-0.15, -0.1) is 11.3 Å². The molecule has 0 spiro atoms. The van der Waals surface area contributed by atoms with Gasteiger partial charge in [-0.3, -0.25) is 0 Å². The van der Waals surface area contributed by atoms with Gasteiger partial charge in [0.2, 0.25) is 0 Å². The second-order valence-electron chi connectivity index (χ2n) is 12.2. The summed E-state index contributed by atoms with van der Waals surface area (Å²) >= 11 is 7.90. The number of esters is 1. The van der Waals surface area contributed by atoms with Gasteiger partial charge in [0.05, 0.1) is 39.8 Å². The van der Waals surface area contributed by atoms with Gasteiger partial charge in [-0.25, -0.2) is 9.78 Å². The van der Waals surface area contributed by atoms with Gasteiger partial charge in [-0.1, -0.05) is 23.7 Å². The van der Waals surface area contributed by atoms with Gasteiger partial charge in [-0.05, 0) is 96.1 Å². The number of ether oxygens (including phenoxy) is 2. The highest BCUT2D eigenvalue weighted by atomic mass is 35.5. The van der Waals surface area contributed by atoms with E-state index < -0.39 is 17.7 Å². The van der Waals surface area contributed by atoms with Gasteiger partial charge >= 0.3 is 5.97 Å². The van der Waals surface area contributed by atoms with Gasteiger partial charge < -0.3 is 25.0 Å². The number of aryl methyl sites for hydroxylation is 1. The Morgan fingerprint density at radius 2 is 1.81 bits per heavy atom. The van der Waals surface area contributed by atoms with Crippen LogP contribution in [0.5, 0.6) is 0 Å². The third-order valence-corrected chi connectivity index (χ3v) is 9.10. The predicted molar refractivity (Wildman–Crippen MR) is 179 cm³/mol. The van der Waals surface area contributed by atoms with Gasteiger partial charge in [0, 0.05) is 41.3 Å². The molecule has 0 radical (unpaired) electrons. The Morgan fingerprint density at radius 1 is 1.14 bits per heavy atom. The summed E-state index contributed by atoms with van der Waals surface area (Å²) in [6, 6.07) is 16.4. The summed E-state index contributed by atoms with van der Waals surface area (Å²) in [6.45, 7) is 15.0. The van der Waals surface area contributed by atoms with Crippen LogP contribution in [0.4, 0.5) is 11.4 Å². The molecule has 2 heterocycles. The van der Waals surface area contributed by atoms with Crippen molar-refractivity contribution in [2.24, 2.45) is 0 Å². The maximum atomic E-state index is 13.4. The number of likely N-dealkylation sites (N-methyl/N-ethyl adjacent to an activating group) is 2. The summed E-state index contributed by atoms with van der Waals surface area (Å²) in [5, 5.41) is 1.52. The second-order valence-corrected chi connectivity index (χ2v) is 13.6. The van der Waals surface area contributed by atoms with Crippen molar-refractivity contribution in [1.82, 2.24) is 9.88 Å². The lowest BCUT2D eigenvalue weighted by molar-refractivity contribution is -0.166. The maximum Gasteiger partial charge on any atom is 0.339 e. The number of benzene rings is 3. The number of thiazole rings is 1. The number of carbonyl (C=O) groups is 1. The lowest BCUT2D eigenvalue weighted by Gasteiger charge is -2.44. The van der Waals surface area contributed by atoms with Crippen LogP contribution in [-0.4, -0.2) is 60.8 Å². The van der Waals surface area contributed by atoms with E-state index in [-0.39, 0.29) is 6.61 Å². The molecule has 3 aromatic carbocycles. The SMILES string of the molecule is CCOC(=O)C(OC(C)(C)C)c1c(C)cc2nc(-c3ccc(N)c(N(CC)C4CN(C)C4)c3)sc2c1-c1ccc(Cl)cc1. The van der Waals surface area contributed by atoms with E-state index in [1.165, 1.54) is 0 Å². The zero-order valence-corrected chi connectivity index (χ0v) is 27.6. The summed E-state index contributed by atoms with van der Waals surface area (Å²) in [7, 11) is 2.14. The normalized spacial score (nSPS) is 15.0. The van der Waals surface area contributed by atoms with Crippen molar-refractivity contribution < 1.29 is 14.3 Å². The largest absolute Gasteiger partial charge is 0.464 e. The van der Waals surface area contributed by atoms with Crippen LogP contribution in [0.3, 0.4) is 0 Å². The van der Waals surface area contributed by atoms with Crippen LogP contribution in [0.1, 0.15) is 51.8 Å². The molecule has 228 valence electrons. The Morgan fingerprint density at radius 3 is 2.42 bits per heavy atom. The number of hydrogen-bond donors (Lipinski definition) is 1. The quantitative estimate of drug-likeness (QED) is 0.151.